The van der Waals surface area contributed by atoms with E-state index in [-0.39, 0.29) is 0 Å². The van der Waals surface area contributed by atoms with Gasteiger partial charge in [0.1, 0.15) is 5.76 Å². The summed E-state index contributed by atoms with van der Waals surface area (Å²) in [7, 11) is 0. The van der Waals surface area contributed by atoms with Crippen molar-refractivity contribution < 1.29 is 4.74 Å². The number of allylic oxidation sites excluding steroid dienone is 1. The Hall–Kier alpha value is -0.500. The molecule has 1 unspecified atom stereocenters. The number of rotatable bonds is 7. The van der Waals surface area contributed by atoms with Gasteiger partial charge in [0.25, 0.3) is 0 Å². The van der Waals surface area contributed by atoms with Crippen LogP contribution in [-0.4, -0.2) is 19.2 Å². The Morgan fingerprint density at radius 3 is 2.79 bits per heavy atom. The van der Waals surface area contributed by atoms with Gasteiger partial charge in [-0.3, -0.25) is 0 Å². The van der Waals surface area contributed by atoms with Crippen LogP contribution in [0, 0.1) is 5.92 Å². The summed E-state index contributed by atoms with van der Waals surface area (Å²) < 4.78 is 5.88. The summed E-state index contributed by atoms with van der Waals surface area (Å²) >= 11 is 0. The first kappa shape index (κ1) is 14.9. The van der Waals surface area contributed by atoms with Crippen LogP contribution >= 0.6 is 0 Å². The van der Waals surface area contributed by atoms with Gasteiger partial charge < -0.3 is 10.1 Å². The highest BCUT2D eigenvalue weighted by Crippen LogP contribution is 2.29. The first-order chi connectivity index (χ1) is 9.40. The van der Waals surface area contributed by atoms with Crippen molar-refractivity contribution >= 4 is 0 Å². The zero-order valence-corrected chi connectivity index (χ0v) is 12.6. The highest BCUT2D eigenvalue weighted by Gasteiger charge is 2.20. The number of ether oxygens (including phenoxy) is 1. The lowest BCUT2D eigenvalue weighted by molar-refractivity contribution is 0.161. The lowest BCUT2D eigenvalue weighted by Crippen LogP contribution is -2.34. The molecule has 2 rings (SSSR count). The molecule has 2 nitrogen and oxygen atoms in total. The van der Waals surface area contributed by atoms with Crippen molar-refractivity contribution in [3.05, 3.63) is 11.8 Å². The quantitative estimate of drug-likeness (QED) is 0.736. The molecule has 0 aromatic rings. The van der Waals surface area contributed by atoms with Crippen molar-refractivity contribution in [3.8, 4) is 0 Å². The van der Waals surface area contributed by atoms with Crippen molar-refractivity contribution in [2.75, 3.05) is 13.2 Å². The molecule has 1 aliphatic carbocycles. The van der Waals surface area contributed by atoms with E-state index < -0.39 is 0 Å². The van der Waals surface area contributed by atoms with Crippen molar-refractivity contribution in [1.29, 1.82) is 0 Å². The van der Waals surface area contributed by atoms with Gasteiger partial charge in [0.05, 0.1) is 12.6 Å². The van der Waals surface area contributed by atoms with Crippen LogP contribution in [0.5, 0.6) is 0 Å². The molecule has 110 valence electrons. The van der Waals surface area contributed by atoms with Gasteiger partial charge in [-0.05, 0) is 50.6 Å². The molecule has 1 saturated carbocycles. The molecule has 1 heterocycles. The van der Waals surface area contributed by atoms with Crippen LogP contribution < -0.4 is 5.32 Å². The summed E-state index contributed by atoms with van der Waals surface area (Å²) in [4.78, 5) is 0. The van der Waals surface area contributed by atoms with E-state index in [0.29, 0.717) is 6.04 Å². The average molecular weight is 265 g/mol. The fraction of sp³-hybridized carbons (Fsp3) is 0.882. The number of hydrogen-bond donors (Lipinski definition) is 1. The Morgan fingerprint density at radius 1 is 1.26 bits per heavy atom. The van der Waals surface area contributed by atoms with Crippen LogP contribution in [0.4, 0.5) is 0 Å². The van der Waals surface area contributed by atoms with Gasteiger partial charge in [0.2, 0.25) is 0 Å². The van der Waals surface area contributed by atoms with Crippen LogP contribution in [0.25, 0.3) is 0 Å². The van der Waals surface area contributed by atoms with Gasteiger partial charge in [-0.25, -0.2) is 0 Å². The van der Waals surface area contributed by atoms with Gasteiger partial charge in [0.15, 0.2) is 0 Å². The predicted octanol–water partition coefficient (Wildman–Crippen LogP) is 4.41. The van der Waals surface area contributed by atoms with Crippen molar-refractivity contribution in [2.24, 2.45) is 5.92 Å². The van der Waals surface area contributed by atoms with Crippen LogP contribution in [-0.2, 0) is 4.74 Å². The van der Waals surface area contributed by atoms with Gasteiger partial charge in [0, 0.05) is 0 Å². The van der Waals surface area contributed by atoms with Crippen LogP contribution in [0.15, 0.2) is 11.8 Å². The molecule has 19 heavy (non-hydrogen) atoms. The summed E-state index contributed by atoms with van der Waals surface area (Å²) in [5.74, 6) is 2.21. The summed E-state index contributed by atoms with van der Waals surface area (Å²) in [5.41, 5.74) is 0. The van der Waals surface area contributed by atoms with Crippen molar-refractivity contribution in [1.82, 2.24) is 5.32 Å². The third-order valence-corrected chi connectivity index (χ3v) is 4.54. The fourth-order valence-corrected chi connectivity index (χ4v) is 3.36. The lowest BCUT2D eigenvalue weighted by Gasteiger charge is -2.27. The molecule has 1 N–H and O–H groups in total. The van der Waals surface area contributed by atoms with E-state index in [0.717, 1.165) is 19.1 Å². The Morgan fingerprint density at radius 2 is 2.11 bits per heavy atom. The van der Waals surface area contributed by atoms with Crippen LogP contribution in [0.2, 0.25) is 0 Å². The van der Waals surface area contributed by atoms with Crippen LogP contribution in [0.1, 0.15) is 71.1 Å². The average Bonchev–Trinajstić information content (AvgIpc) is 2.49. The normalized spacial score (nSPS) is 22.7. The Balaban J connectivity index is 1.80. The van der Waals surface area contributed by atoms with E-state index in [1.807, 2.05) is 0 Å². The van der Waals surface area contributed by atoms with Gasteiger partial charge in [-0.2, -0.15) is 0 Å². The minimum absolute atomic E-state index is 0.474. The lowest BCUT2D eigenvalue weighted by atomic mass is 9.85. The maximum atomic E-state index is 5.88. The predicted molar refractivity (Wildman–Crippen MR) is 81.2 cm³/mol. The topological polar surface area (TPSA) is 21.3 Å². The highest BCUT2D eigenvalue weighted by atomic mass is 16.5. The molecular weight excluding hydrogens is 234 g/mol. The largest absolute Gasteiger partial charge is 0.497 e. The molecule has 2 aliphatic rings. The monoisotopic (exact) mass is 265 g/mol. The Bertz CT molecular complexity index is 268. The second-order valence-electron chi connectivity index (χ2n) is 6.19. The van der Waals surface area contributed by atoms with E-state index in [1.54, 1.807) is 0 Å². The molecule has 1 atom stereocenters. The number of nitrogens with one attached hydrogen (secondary N) is 1. The Labute approximate surface area is 119 Å². The molecule has 0 aromatic carbocycles. The zero-order chi connectivity index (χ0) is 13.3. The molecule has 0 spiro atoms. The van der Waals surface area contributed by atoms with Gasteiger partial charge in [-0.15, -0.1) is 0 Å². The molecule has 0 saturated heterocycles. The minimum Gasteiger partial charge on any atom is -0.497 e. The SMILES string of the molecule is CCCNC(CCC1CCCCC1)C1=CCCCO1. The standard InChI is InChI=1S/C17H31NO/c1-2-13-18-16(17-10-6-7-14-19-17)12-11-15-8-4-3-5-9-15/h10,15-16,18H,2-9,11-14H2,1H3. The minimum atomic E-state index is 0.474. The van der Waals surface area contributed by atoms with E-state index in [2.05, 4.69) is 18.3 Å². The summed E-state index contributed by atoms with van der Waals surface area (Å²) in [6.45, 7) is 4.26. The van der Waals surface area contributed by atoms with Crippen molar-refractivity contribution in [2.45, 2.75) is 77.2 Å². The van der Waals surface area contributed by atoms with E-state index in [4.69, 9.17) is 4.74 Å². The second-order valence-corrected chi connectivity index (χ2v) is 6.19. The second kappa shape index (κ2) is 8.63. The summed E-state index contributed by atoms with van der Waals surface area (Å²) in [6.07, 6.45) is 15.8. The highest BCUT2D eigenvalue weighted by molar-refractivity contribution is 5.05. The molecule has 0 amide bonds. The Kier molecular flexibility index (Phi) is 6.77. The fourth-order valence-electron chi connectivity index (χ4n) is 3.36. The van der Waals surface area contributed by atoms with Gasteiger partial charge >= 0.3 is 0 Å². The smallest absolute Gasteiger partial charge is 0.109 e. The first-order valence-corrected chi connectivity index (χ1v) is 8.46. The zero-order valence-electron chi connectivity index (χ0n) is 12.6. The van der Waals surface area contributed by atoms with Gasteiger partial charge in [-0.1, -0.05) is 39.0 Å². The molecule has 1 aliphatic heterocycles. The summed E-state index contributed by atoms with van der Waals surface area (Å²) in [5, 5.41) is 3.69. The molecule has 0 aromatic heterocycles. The molecule has 1 fully saturated rings. The maximum Gasteiger partial charge on any atom is 0.109 e. The van der Waals surface area contributed by atoms with Crippen molar-refractivity contribution in [3.63, 3.8) is 0 Å². The third-order valence-electron chi connectivity index (χ3n) is 4.54. The van der Waals surface area contributed by atoms with E-state index >= 15 is 0 Å². The maximum absolute atomic E-state index is 5.88. The molecular formula is C17H31NO. The third kappa shape index (κ3) is 5.18. The van der Waals surface area contributed by atoms with Crippen LogP contribution in [0.3, 0.4) is 0 Å². The summed E-state index contributed by atoms with van der Waals surface area (Å²) in [6, 6.07) is 0.474. The molecule has 2 heteroatoms. The molecule has 0 radical (unpaired) electrons. The molecule has 0 bridgehead atoms. The van der Waals surface area contributed by atoms with E-state index in [9.17, 15) is 0 Å². The number of hydrogen-bond acceptors (Lipinski definition) is 2. The van der Waals surface area contributed by atoms with E-state index in [1.165, 1.54) is 70.0 Å². The first-order valence-electron chi connectivity index (χ1n) is 8.46.